The number of phenols is 1. The van der Waals surface area contributed by atoms with Crippen LogP contribution in [0.4, 0.5) is 0 Å². The van der Waals surface area contributed by atoms with Crippen molar-refractivity contribution in [3.05, 3.63) is 59.8 Å². The maximum atomic E-state index is 11.5. The van der Waals surface area contributed by atoms with Gasteiger partial charge in [0.15, 0.2) is 5.75 Å². The molecule has 0 bridgehead atoms. The van der Waals surface area contributed by atoms with Gasteiger partial charge in [-0.05, 0) is 24.1 Å². The summed E-state index contributed by atoms with van der Waals surface area (Å²) in [5.74, 6) is 0.371. The van der Waals surface area contributed by atoms with E-state index < -0.39 is 0 Å². The third kappa shape index (κ3) is 2.80. The van der Waals surface area contributed by atoms with Gasteiger partial charge in [0, 0.05) is 18.9 Å². The molecule has 0 aliphatic heterocycles. The molecule has 1 aromatic heterocycles. The number of aromatic nitrogens is 1. The first kappa shape index (κ1) is 15.2. The van der Waals surface area contributed by atoms with Gasteiger partial charge < -0.3 is 14.4 Å². The minimum absolute atomic E-state index is 0.187. The molecule has 0 amide bonds. The smallest absolute Gasteiger partial charge is 0.308 e. The van der Waals surface area contributed by atoms with Gasteiger partial charge in [0.25, 0.3) is 0 Å². The second kappa shape index (κ2) is 6.16. The highest BCUT2D eigenvalue weighted by atomic mass is 16.5. The quantitative estimate of drug-likeness (QED) is 0.744. The van der Waals surface area contributed by atoms with E-state index in [2.05, 4.69) is 0 Å². The molecule has 2 aromatic carbocycles. The largest absolute Gasteiger partial charge is 0.506 e. The molecule has 3 aromatic rings. The number of nitrogens with zero attached hydrogens (tertiary/aromatic N) is 1. The molecule has 0 radical (unpaired) electrons. The predicted octanol–water partition coefficient (Wildman–Crippen LogP) is 3.88. The highest BCUT2D eigenvalue weighted by Crippen LogP contribution is 2.38. The maximum Gasteiger partial charge on any atom is 0.308 e. The fourth-order valence-electron chi connectivity index (χ4n) is 2.96. The van der Waals surface area contributed by atoms with Crippen LogP contribution in [0.25, 0.3) is 10.9 Å². The summed E-state index contributed by atoms with van der Waals surface area (Å²) in [5.41, 5.74) is 2.72. The van der Waals surface area contributed by atoms with Gasteiger partial charge in [0.05, 0.1) is 11.2 Å². The van der Waals surface area contributed by atoms with Crippen LogP contribution in [0.5, 0.6) is 11.5 Å². The first-order chi connectivity index (χ1) is 11.1. The zero-order valence-electron chi connectivity index (χ0n) is 13.2. The predicted molar refractivity (Wildman–Crippen MR) is 89.8 cm³/mol. The van der Waals surface area contributed by atoms with Gasteiger partial charge >= 0.3 is 5.97 Å². The Labute approximate surface area is 134 Å². The molecule has 0 spiro atoms. The SMILES string of the molecule is CCc1c(OC(C)=O)c2cccc(O)c2n1Cc1ccccc1. The van der Waals surface area contributed by atoms with Crippen molar-refractivity contribution < 1.29 is 14.6 Å². The first-order valence-electron chi connectivity index (χ1n) is 7.67. The van der Waals surface area contributed by atoms with Crippen LogP contribution in [0, 0.1) is 0 Å². The number of fused-ring (bicyclic) bond motifs is 1. The van der Waals surface area contributed by atoms with Crippen LogP contribution in [0.15, 0.2) is 48.5 Å². The van der Waals surface area contributed by atoms with Crippen molar-refractivity contribution in [1.29, 1.82) is 0 Å². The summed E-state index contributed by atoms with van der Waals surface area (Å²) in [4.78, 5) is 11.5. The van der Waals surface area contributed by atoms with E-state index in [1.54, 1.807) is 12.1 Å². The van der Waals surface area contributed by atoms with Crippen molar-refractivity contribution in [2.45, 2.75) is 26.8 Å². The van der Waals surface area contributed by atoms with E-state index in [0.29, 0.717) is 24.2 Å². The molecule has 3 rings (SSSR count). The van der Waals surface area contributed by atoms with Gasteiger partial charge in [-0.1, -0.05) is 43.3 Å². The number of aromatic hydroxyl groups is 1. The molecular formula is C19H19NO3. The maximum absolute atomic E-state index is 11.5. The number of hydrogen-bond acceptors (Lipinski definition) is 3. The molecule has 0 saturated carbocycles. The van der Waals surface area contributed by atoms with Crippen molar-refractivity contribution in [3.63, 3.8) is 0 Å². The average Bonchev–Trinajstić information content (AvgIpc) is 2.82. The number of carbonyl (C=O) groups is 1. The molecule has 1 heterocycles. The average molecular weight is 309 g/mol. The van der Waals surface area contributed by atoms with Crippen LogP contribution < -0.4 is 4.74 Å². The van der Waals surface area contributed by atoms with Crippen molar-refractivity contribution in [2.24, 2.45) is 0 Å². The Morgan fingerprint density at radius 3 is 2.52 bits per heavy atom. The van der Waals surface area contributed by atoms with Gasteiger partial charge in [0.2, 0.25) is 0 Å². The van der Waals surface area contributed by atoms with Gasteiger partial charge in [-0.2, -0.15) is 0 Å². The molecule has 0 aliphatic carbocycles. The Balaban J connectivity index is 2.24. The third-order valence-electron chi connectivity index (χ3n) is 3.88. The summed E-state index contributed by atoms with van der Waals surface area (Å²) in [6, 6.07) is 15.3. The number of ether oxygens (including phenoxy) is 1. The zero-order valence-corrected chi connectivity index (χ0v) is 13.2. The monoisotopic (exact) mass is 309 g/mol. The molecule has 4 nitrogen and oxygen atoms in total. The van der Waals surface area contributed by atoms with E-state index in [1.807, 2.05) is 47.9 Å². The second-order valence-corrected chi connectivity index (χ2v) is 5.47. The lowest BCUT2D eigenvalue weighted by atomic mass is 10.2. The summed E-state index contributed by atoms with van der Waals surface area (Å²) >= 11 is 0. The van der Waals surface area contributed by atoms with Gasteiger partial charge in [-0.3, -0.25) is 4.79 Å². The van der Waals surface area contributed by atoms with E-state index in [0.717, 1.165) is 16.6 Å². The van der Waals surface area contributed by atoms with Gasteiger partial charge in [0.1, 0.15) is 5.75 Å². The minimum Gasteiger partial charge on any atom is -0.506 e. The van der Waals surface area contributed by atoms with Crippen molar-refractivity contribution in [2.75, 3.05) is 0 Å². The van der Waals surface area contributed by atoms with E-state index in [1.165, 1.54) is 6.92 Å². The second-order valence-electron chi connectivity index (χ2n) is 5.47. The van der Waals surface area contributed by atoms with Crippen molar-refractivity contribution >= 4 is 16.9 Å². The molecule has 118 valence electrons. The first-order valence-corrected chi connectivity index (χ1v) is 7.67. The van der Waals surface area contributed by atoms with Crippen LogP contribution in [0.2, 0.25) is 0 Å². The highest BCUT2D eigenvalue weighted by molar-refractivity contribution is 5.94. The summed E-state index contributed by atoms with van der Waals surface area (Å²) in [6.07, 6.45) is 0.698. The number of esters is 1. The Bertz CT molecular complexity index is 850. The van der Waals surface area contributed by atoms with E-state index in [-0.39, 0.29) is 11.7 Å². The number of hydrogen-bond donors (Lipinski definition) is 1. The van der Waals surface area contributed by atoms with E-state index in [9.17, 15) is 9.90 Å². The summed E-state index contributed by atoms with van der Waals surface area (Å²) in [6.45, 7) is 4.02. The van der Waals surface area contributed by atoms with Crippen LogP contribution in [0.3, 0.4) is 0 Å². The zero-order chi connectivity index (χ0) is 16.4. The number of para-hydroxylation sites is 1. The highest BCUT2D eigenvalue weighted by Gasteiger charge is 2.21. The molecular weight excluding hydrogens is 290 g/mol. The van der Waals surface area contributed by atoms with E-state index >= 15 is 0 Å². The number of benzene rings is 2. The Morgan fingerprint density at radius 1 is 1.13 bits per heavy atom. The fraction of sp³-hybridized carbons (Fsp3) is 0.211. The molecule has 0 fully saturated rings. The Morgan fingerprint density at radius 2 is 1.87 bits per heavy atom. The number of carbonyl (C=O) groups excluding carboxylic acids is 1. The fourth-order valence-corrected chi connectivity index (χ4v) is 2.96. The lowest BCUT2D eigenvalue weighted by molar-refractivity contribution is -0.131. The van der Waals surface area contributed by atoms with E-state index in [4.69, 9.17) is 4.74 Å². The summed E-state index contributed by atoms with van der Waals surface area (Å²) < 4.78 is 7.48. The Hall–Kier alpha value is -2.75. The van der Waals surface area contributed by atoms with Crippen LogP contribution in [-0.4, -0.2) is 15.6 Å². The minimum atomic E-state index is -0.359. The molecule has 0 atom stereocenters. The molecule has 0 unspecified atom stereocenters. The molecule has 1 N–H and O–H groups in total. The third-order valence-corrected chi connectivity index (χ3v) is 3.88. The molecule has 0 aliphatic rings. The van der Waals surface area contributed by atoms with Crippen LogP contribution in [-0.2, 0) is 17.8 Å². The number of rotatable bonds is 4. The lowest BCUT2D eigenvalue weighted by Crippen LogP contribution is -2.07. The normalized spacial score (nSPS) is 10.9. The molecule has 23 heavy (non-hydrogen) atoms. The standard InChI is InChI=1S/C19H19NO3/c1-3-16-19(23-13(2)21)15-10-7-11-17(22)18(15)20(16)12-14-8-5-4-6-9-14/h4-11,22H,3,12H2,1-2H3. The van der Waals surface area contributed by atoms with Crippen molar-refractivity contribution in [3.8, 4) is 11.5 Å². The van der Waals surface area contributed by atoms with Crippen molar-refractivity contribution in [1.82, 2.24) is 4.57 Å². The lowest BCUT2D eigenvalue weighted by Gasteiger charge is -2.11. The number of phenolic OH excluding ortho intramolecular Hbond substituents is 1. The topological polar surface area (TPSA) is 51.5 Å². The molecule has 4 heteroatoms. The van der Waals surface area contributed by atoms with Gasteiger partial charge in [-0.15, -0.1) is 0 Å². The Kier molecular flexibility index (Phi) is 4.06. The van der Waals surface area contributed by atoms with Crippen LogP contribution in [0.1, 0.15) is 25.1 Å². The summed E-state index contributed by atoms with van der Waals surface area (Å²) in [5, 5.41) is 11.1. The van der Waals surface area contributed by atoms with Gasteiger partial charge in [-0.25, -0.2) is 0 Å². The summed E-state index contributed by atoms with van der Waals surface area (Å²) in [7, 11) is 0. The van der Waals surface area contributed by atoms with Crippen LogP contribution >= 0.6 is 0 Å². The molecule has 0 saturated heterocycles.